The zero-order valence-corrected chi connectivity index (χ0v) is 14.2. The smallest absolute Gasteiger partial charge is 0.270 e. The molecule has 1 aliphatic rings. The van der Waals surface area contributed by atoms with Gasteiger partial charge >= 0.3 is 6.03 Å². The predicted octanol–water partition coefficient (Wildman–Crippen LogP) is 2.36. The second-order valence-corrected chi connectivity index (χ2v) is 8.27. The van der Waals surface area contributed by atoms with Crippen molar-refractivity contribution in [2.75, 3.05) is 13.1 Å². The van der Waals surface area contributed by atoms with Crippen molar-refractivity contribution in [2.24, 2.45) is 5.41 Å². The number of benzene rings is 1. The third-order valence-corrected chi connectivity index (χ3v) is 5.33. The third kappa shape index (κ3) is 4.59. The first-order chi connectivity index (χ1) is 10.2. The van der Waals surface area contributed by atoms with Crippen LogP contribution in [0.25, 0.3) is 0 Å². The maximum atomic E-state index is 12.1. The molecule has 1 aromatic rings. The number of piperidine rings is 1. The van der Waals surface area contributed by atoms with E-state index >= 15 is 0 Å². The number of rotatable bonds is 3. The van der Waals surface area contributed by atoms with Gasteiger partial charge in [0.15, 0.2) is 0 Å². The summed E-state index contributed by atoms with van der Waals surface area (Å²) in [6.45, 7) is 5.74. The summed E-state index contributed by atoms with van der Waals surface area (Å²) in [5.74, 6) is 0. The van der Waals surface area contributed by atoms with Crippen LogP contribution >= 0.6 is 11.6 Å². The topological polar surface area (TPSA) is 78.5 Å². The largest absolute Gasteiger partial charge is 0.343 e. The Labute approximate surface area is 135 Å². The summed E-state index contributed by atoms with van der Waals surface area (Å²) in [5.41, 5.74) is 2.83. The molecule has 0 saturated carbocycles. The predicted molar refractivity (Wildman–Crippen MR) is 84.9 cm³/mol. The van der Waals surface area contributed by atoms with Crippen LogP contribution in [0.4, 0.5) is 4.79 Å². The summed E-state index contributed by atoms with van der Waals surface area (Å²) >= 11 is 5.72. The molecule has 0 aliphatic carbocycles. The van der Waals surface area contributed by atoms with Crippen LogP contribution in [0.3, 0.4) is 0 Å². The van der Waals surface area contributed by atoms with Crippen LogP contribution < -0.4 is 10.1 Å². The van der Waals surface area contributed by atoms with E-state index in [9.17, 15) is 13.2 Å². The number of hydrazine groups is 1. The van der Waals surface area contributed by atoms with Gasteiger partial charge in [0.05, 0.1) is 4.90 Å². The highest BCUT2D eigenvalue weighted by Crippen LogP contribution is 2.28. The summed E-state index contributed by atoms with van der Waals surface area (Å²) in [5, 5.41) is 2.16. The van der Waals surface area contributed by atoms with E-state index < -0.39 is 16.1 Å². The van der Waals surface area contributed by atoms with E-state index in [1.54, 1.807) is 5.01 Å². The lowest BCUT2D eigenvalue weighted by atomic mass is 9.83. The molecule has 1 heterocycles. The number of halogens is 1. The molecule has 0 bridgehead atoms. The van der Waals surface area contributed by atoms with Crippen molar-refractivity contribution in [3.05, 3.63) is 29.3 Å². The van der Waals surface area contributed by atoms with Gasteiger partial charge in [0.2, 0.25) is 0 Å². The fraction of sp³-hybridized carbons (Fsp3) is 0.500. The minimum Gasteiger partial charge on any atom is -0.270 e. The van der Waals surface area contributed by atoms with Gasteiger partial charge in [0.25, 0.3) is 10.0 Å². The highest BCUT2D eigenvalue weighted by Gasteiger charge is 2.27. The van der Waals surface area contributed by atoms with E-state index in [-0.39, 0.29) is 10.3 Å². The molecule has 22 heavy (non-hydrogen) atoms. The molecule has 122 valence electrons. The monoisotopic (exact) mass is 345 g/mol. The first-order valence-electron chi connectivity index (χ1n) is 7.02. The lowest BCUT2D eigenvalue weighted by Crippen LogP contribution is -2.52. The summed E-state index contributed by atoms with van der Waals surface area (Å²) in [7, 11) is -3.90. The molecule has 1 aromatic carbocycles. The van der Waals surface area contributed by atoms with Crippen LogP contribution in [-0.4, -0.2) is 32.5 Å². The number of hydrogen-bond acceptors (Lipinski definition) is 4. The van der Waals surface area contributed by atoms with E-state index in [1.807, 2.05) is 4.72 Å². The van der Waals surface area contributed by atoms with Crippen molar-refractivity contribution in [2.45, 2.75) is 31.6 Å². The maximum absolute atomic E-state index is 12.1. The molecular formula is C14H20ClN3O3S. The van der Waals surface area contributed by atoms with Crippen molar-refractivity contribution in [3.63, 3.8) is 0 Å². The number of hydrogen-bond donors (Lipinski definition) is 2. The second kappa shape index (κ2) is 6.44. The van der Waals surface area contributed by atoms with E-state index in [1.165, 1.54) is 24.3 Å². The van der Waals surface area contributed by atoms with Crippen molar-refractivity contribution < 1.29 is 13.2 Å². The van der Waals surface area contributed by atoms with E-state index in [4.69, 9.17) is 11.6 Å². The standard InChI is InChI=1S/C14H20ClN3O3S/c1-14(2)7-9-18(10-8-14)16-13(19)17-22(20,21)12-5-3-11(15)4-6-12/h3-6H,7-10H2,1-2H3,(H2,16,17,19). The minimum atomic E-state index is -3.90. The van der Waals surface area contributed by atoms with Gasteiger partial charge in [-0.15, -0.1) is 0 Å². The molecule has 1 fully saturated rings. The van der Waals surface area contributed by atoms with Gasteiger partial charge in [-0.3, -0.25) is 5.43 Å². The van der Waals surface area contributed by atoms with Gasteiger partial charge in [-0.2, -0.15) is 0 Å². The van der Waals surface area contributed by atoms with Crippen LogP contribution in [0, 0.1) is 5.41 Å². The summed E-state index contributed by atoms with van der Waals surface area (Å²) < 4.78 is 26.1. The Kier molecular flexibility index (Phi) is 4.99. The highest BCUT2D eigenvalue weighted by atomic mass is 35.5. The van der Waals surface area contributed by atoms with Gasteiger partial charge in [0, 0.05) is 18.1 Å². The Bertz CT molecular complexity index is 634. The van der Waals surface area contributed by atoms with Crippen LogP contribution in [-0.2, 0) is 10.0 Å². The molecule has 0 atom stereocenters. The molecule has 1 aliphatic heterocycles. The first-order valence-corrected chi connectivity index (χ1v) is 8.88. The van der Waals surface area contributed by atoms with Gasteiger partial charge in [-0.1, -0.05) is 25.4 Å². The van der Waals surface area contributed by atoms with Gasteiger partial charge in [0.1, 0.15) is 0 Å². The lowest BCUT2D eigenvalue weighted by Gasteiger charge is -2.36. The van der Waals surface area contributed by atoms with Gasteiger partial charge in [-0.25, -0.2) is 22.9 Å². The zero-order chi connectivity index (χ0) is 16.4. The lowest BCUT2D eigenvalue weighted by molar-refractivity contribution is 0.0971. The molecule has 2 amide bonds. The number of urea groups is 1. The number of sulfonamides is 1. The molecule has 1 saturated heterocycles. The number of carbonyl (C=O) groups is 1. The molecule has 6 nitrogen and oxygen atoms in total. The van der Waals surface area contributed by atoms with Crippen molar-refractivity contribution in [1.82, 2.24) is 15.2 Å². The number of amides is 2. The fourth-order valence-electron chi connectivity index (χ4n) is 2.18. The molecule has 0 spiro atoms. The maximum Gasteiger partial charge on any atom is 0.343 e. The summed E-state index contributed by atoms with van der Waals surface area (Å²) in [6, 6.07) is 4.86. The molecule has 0 unspecified atom stereocenters. The van der Waals surface area contributed by atoms with Gasteiger partial charge in [-0.05, 0) is 42.5 Å². The van der Waals surface area contributed by atoms with Crippen molar-refractivity contribution >= 4 is 27.7 Å². The van der Waals surface area contributed by atoms with Crippen LogP contribution in [0.2, 0.25) is 5.02 Å². The molecule has 2 rings (SSSR count). The van der Waals surface area contributed by atoms with Crippen molar-refractivity contribution in [3.8, 4) is 0 Å². The Morgan fingerprint density at radius 1 is 1.18 bits per heavy atom. The Morgan fingerprint density at radius 2 is 1.73 bits per heavy atom. The molecule has 0 radical (unpaired) electrons. The van der Waals surface area contributed by atoms with Crippen molar-refractivity contribution in [1.29, 1.82) is 0 Å². The summed E-state index contributed by atoms with van der Waals surface area (Å²) in [6.07, 6.45) is 1.88. The van der Waals surface area contributed by atoms with E-state index in [0.29, 0.717) is 18.1 Å². The zero-order valence-electron chi connectivity index (χ0n) is 12.6. The van der Waals surface area contributed by atoms with Gasteiger partial charge < -0.3 is 0 Å². The molecular weight excluding hydrogens is 326 g/mol. The first kappa shape index (κ1) is 17.1. The SMILES string of the molecule is CC1(C)CCN(NC(=O)NS(=O)(=O)c2ccc(Cl)cc2)CC1. The highest BCUT2D eigenvalue weighted by molar-refractivity contribution is 7.90. The molecule has 8 heteroatoms. The Hall–Kier alpha value is -1.31. The van der Waals surface area contributed by atoms with Crippen LogP contribution in [0.15, 0.2) is 29.2 Å². The summed E-state index contributed by atoms with van der Waals surface area (Å²) in [4.78, 5) is 11.9. The minimum absolute atomic E-state index is 0.00757. The quantitative estimate of drug-likeness (QED) is 0.881. The average Bonchev–Trinajstić information content (AvgIpc) is 2.41. The average molecular weight is 346 g/mol. The number of carbonyl (C=O) groups excluding carboxylic acids is 1. The van der Waals surface area contributed by atoms with E-state index in [0.717, 1.165) is 12.8 Å². The molecule has 0 aromatic heterocycles. The molecule has 2 N–H and O–H groups in total. The van der Waals surface area contributed by atoms with Crippen LogP contribution in [0.5, 0.6) is 0 Å². The normalized spacial score (nSPS) is 18.7. The third-order valence-electron chi connectivity index (χ3n) is 3.73. The van der Waals surface area contributed by atoms with E-state index in [2.05, 4.69) is 19.3 Å². The Morgan fingerprint density at radius 3 is 2.27 bits per heavy atom. The Balaban J connectivity index is 1.93. The van der Waals surface area contributed by atoms with Crippen LogP contribution in [0.1, 0.15) is 26.7 Å². The number of nitrogens with one attached hydrogen (secondary N) is 2. The second-order valence-electron chi connectivity index (χ2n) is 6.15. The number of nitrogens with zero attached hydrogens (tertiary/aromatic N) is 1. The fourth-order valence-corrected chi connectivity index (χ4v) is 3.21.